The van der Waals surface area contributed by atoms with Crippen LogP contribution in [-0.4, -0.2) is 42.0 Å². The average Bonchev–Trinajstić information content (AvgIpc) is 3.29. The molecule has 2 amide bonds. The number of benzene rings is 2. The van der Waals surface area contributed by atoms with Crippen LogP contribution in [0.3, 0.4) is 0 Å². The molecule has 0 saturated heterocycles. The number of amides is 2. The fraction of sp³-hybridized carbons (Fsp3) is 0.120. The summed E-state index contributed by atoms with van der Waals surface area (Å²) < 4.78 is 24.9. The molecule has 1 aliphatic rings. The van der Waals surface area contributed by atoms with Crippen LogP contribution in [-0.2, 0) is 22.9 Å². The van der Waals surface area contributed by atoms with Crippen LogP contribution in [0.4, 0.5) is 11.5 Å². The van der Waals surface area contributed by atoms with Crippen LogP contribution < -0.4 is 21.5 Å². The molecule has 0 unspecified atom stereocenters. The number of carbonyl (C=O) groups excluding carboxylic acids is 2. The van der Waals surface area contributed by atoms with Gasteiger partial charge in [-0.05, 0) is 66.9 Å². The Kier molecular flexibility index (Phi) is 5.97. The lowest BCUT2D eigenvalue weighted by atomic mass is 9.88. The van der Waals surface area contributed by atoms with Crippen molar-refractivity contribution in [2.24, 2.45) is 10.9 Å². The first kappa shape index (κ1) is 24.2. The molecule has 2 aromatic carbocycles. The van der Waals surface area contributed by atoms with E-state index in [2.05, 4.69) is 20.7 Å². The minimum Gasteiger partial charge on any atom is -0.372 e. The van der Waals surface area contributed by atoms with Crippen molar-refractivity contribution in [2.45, 2.75) is 17.7 Å². The van der Waals surface area contributed by atoms with Gasteiger partial charge in [0, 0.05) is 30.1 Å². The zero-order chi connectivity index (χ0) is 26.3. The van der Waals surface area contributed by atoms with Crippen molar-refractivity contribution < 1.29 is 18.0 Å². The number of anilines is 2. The van der Waals surface area contributed by atoms with Gasteiger partial charge >= 0.3 is 0 Å². The number of hydrogen-bond donors (Lipinski definition) is 4. The first-order valence-electron chi connectivity index (χ1n) is 11.3. The van der Waals surface area contributed by atoms with Gasteiger partial charge in [-0.3, -0.25) is 9.59 Å². The number of aromatic nitrogens is 3. The van der Waals surface area contributed by atoms with Crippen molar-refractivity contribution in [2.75, 3.05) is 17.7 Å². The third kappa shape index (κ3) is 4.43. The van der Waals surface area contributed by atoms with E-state index < -0.39 is 15.9 Å². The molecule has 11 nitrogen and oxygen atoms in total. The highest BCUT2D eigenvalue weighted by Gasteiger charge is 2.28. The Morgan fingerprint density at radius 2 is 1.81 bits per heavy atom. The van der Waals surface area contributed by atoms with Gasteiger partial charge in [0.1, 0.15) is 5.82 Å². The molecular formula is C25H23N7O4S. The van der Waals surface area contributed by atoms with Crippen LogP contribution in [0, 0.1) is 0 Å². The number of nitrogens with one attached hydrogen (secondary N) is 2. The van der Waals surface area contributed by atoms with Crippen LogP contribution in [0.15, 0.2) is 65.7 Å². The van der Waals surface area contributed by atoms with Crippen LogP contribution in [0.25, 0.3) is 16.9 Å². The van der Waals surface area contributed by atoms with E-state index in [0.29, 0.717) is 46.9 Å². The molecule has 37 heavy (non-hydrogen) atoms. The summed E-state index contributed by atoms with van der Waals surface area (Å²) in [5.74, 6) is -0.550. The normalized spacial score (nSPS) is 12.4. The fourth-order valence-corrected chi connectivity index (χ4v) is 4.98. The summed E-state index contributed by atoms with van der Waals surface area (Å²) >= 11 is 0. The molecule has 0 radical (unpaired) electrons. The predicted octanol–water partition coefficient (Wildman–Crippen LogP) is 2.07. The third-order valence-electron chi connectivity index (χ3n) is 6.18. The number of rotatable bonds is 6. The summed E-state index contributed by atoms with van der Waals surface area (Å²) in [6.07, 6.45) is 2.79. The van der Waals surface area contributed by atoms with Crippen molar-refractivity contribution in [1.29, 1.82) is 0 Å². The highest BCUT2D eigenvalue weighted by atomic mass is 32.2. The molecule has 0 fully saturated rings. The van der Waals surface area contributed by atoms with Crippen LogP contribution >= 0.6 is 0 Å². The maximum absolute atomic E-state index is 13.0. The second-order valence-corrected chi connectivity index (χ2v) is 10.0. The number of sulfonamides is 1. The van der Waals surface area contributed by atoms with Crippen LogP contribution in [0.2, 0.25) is 0 Å². The lowest BCUT2D eigenvalue weighted by Gasteiger charge is -2.20. The van der Waals surface area contributed by atoms with E-state index in [9.17, 15) is 18.0 Å². The van der Waals surface area contributed by atoms with E-state index in [1.807, 2.05) is 18.2 Å². The number of aryl methyl sites for hydroxylation is 1. The van der Waals surface area contributed by atoms with E-state index in [-0.39, 0.29) is 16.5 Å². The van der Waals surface area contributed by atoms with Gasteiger partial charge in [-0.1, -0.05) is 6.07 Å². The van der Waals surface area contributed by atoms with E-state index in [1.165, 1.54) is 12.1 Å². The molecule has 1 aliphatic carbocycles. The Morgan fingerprint density at radius 3 is 2.49 bits per heavy atom. The van der Waals surface area contributed by atoms with Gasteiger partial charge < -0.3 is 16.4 Å². The maximum atomic E-state index is 13.0. The smallest absolute Gasteiger partial charge is 0.269 e. The number of hydrogen-bond acceptors (Lipinski definition) is 7. The van der Waals surface area contributed by atoms with E-state index >= 15 is 0 Å². The SMILES string of the molecule is CNc1ncccc1C(=O)Nc1ccc2c(c1)-c1c(c(C(N)=O)nn1-c1ccc(S(N)(=O)=O)cc1)CC2. The Morgan fingerprint density at radius 1 is 1.05 bits per heavy atom. The molecule has 0 atom stereocenters. The molecule has 0 aliphatic heterocycles. The third-order valence-corrected chi connectivity index (χ3v) is 7.11. The Hall–Kier alpha value is -4.55. The predicted molar refractivity (Wildman–Crippen MR) is 138 cm³/mol. The average molecular weight is 518 g/mol. The second-order valence-electron chi connectivity index (χ2n) is 8.47. The van der Waals surface area contributed by atoms with Crippen molar-refractivity contribution in [3.63, 3.8) is 0 Å². The highest BCUT2D eigenvalue weighted by molar-refractivity contribution is 7.89. The van der Waals surface area contributed by atoms with Gasteiger partial charge in [0.05, 0.1) is 21.8 Å². The highest BCUT2D eigenvalue weighted by Crippen LogP contribution is 2.38. The number of carbonyl (C=O) groups is 2. The van der Waals surface area contributed by atoms with Gasteiger partial charge in [0.15, 0.2) is 5.69 Å². The fourth-order valence-electron chi connectivity index (χ4n) is 4.46. The topological polar surface area (TPSA) is 175 Å². The zero-order valence-corrected chi connectivity index (χ0v) is 20.5. The Labute approximate surface area is 212 Å². The summed E-state index contributed by atoms with van der Waals surface area (Å²) in [7, 11) is -2.19. The van der Waals surface area contributed by atoms with Crippen molar-refractivity contribution in [1.82, 2.24) is 14.8 Å². The standard InChI is InChI=1S/C25H23N7O4S/c1-28-24-19(3-2-12-29-24)25(34)30-15-6-4-14-5-11-18-21(23(26)33)31-32(22(18)20(14)13-15)16-7-9-17(10-8-16)37(27,35)36/h2-4,6-10,12-13H,5,11H2,1H3,(H2,26,33)(H,28,29)(H,30,34)(H2,27,35,36). The van der Waals surface area contributed by atoms with Crippen LogP contribution in [0.5, 0.6) is 0 Å². The largest absolute Gasteiger partial charge is 0.372 e. The van der Waals surface area contributed by atoms with Crippen molar-refractivity contribution in [3.8, 4) is 16.9 Å². The van der Waals surface area contributed by atoms with Gasteiger partial charge in [-0.25, -0.2) is 23.2 Å². The molecule has 6 N–H and O–H groups in total. The molecule has 188 valence electrons. The molecule has 0 saturated carbocycles. The van der Waals surface area contributed by atoms with Gasteiger partial charge in [0.25, 0.3) is 11.8 Å². The summed E-state index contributed by atoms with van der Waals surface area (Å²) in [6, 6.07) is 14.8. The Bertz CT molecular complexity index is 1660. The zero-order valence-electron chi connectivity index (χ0n) is 19.7. The lowest BCUT2D eigenvalue weighted by Crippen LogP contribution is -2.16. The van der Waals surface area contributed by atoms with E-state index in [1.54, 1.807) is 42.2 Å². The molecular weight excluding hydrogens is 494 g/mol. The summed E-state index contributed by atoms with van der Waals surface area (Å²) in [5, 5.41) is 15.5. The number of primary amides is 1. The number of primary sulfonamides is 1. The first-order valence-corrected chi connectivity index (χ1v) is 12.8. The van der Waals surface area contributed by atoms with Gasteiger partial charge in [-0.15, -0.1) is 0 Å². The number of pyridine rings is 1. The van der Waals surface area contributed by atoms with Gasteiger partial charge in [0.2, 0.25) is 10.0 Å². The summed E-state index contributed by atoms with van der Waals surface area (Å²) in [4.78, 5) is 29.3. The molecule has 2 heterocycles. The summed E-state index contributed by atoms with van der Waals surface area (Å²) in [6.45, 7) is 0. The van der Waals surface area contributed by atoms with E-state index in [4.69, 9.17) is 10.9 Å². The number of nitrogens with two attached hydrogens (primary N) is 2. The lowest BCUT2D eigenvalue weighted by molar-refractivity contribution is 0.0992. The number of nitrogens with zero attached hydrogens (tertiary/aromatic N) is 3. The monoisotopic (exact) mass is 517 g/mol. The van der Waals surface area contributed by atoms with Crippen LogP contribution in [0.1, 0.15) is 32.0 Å². The maximum Gasteiger partial charge on any atom is 0.269 e. The molecule has 0 bridgehead atoms. The quantitative estimate of drug-likeness (QED) is 0.303. The Balaban J connectivity index is 1.60. The second kappa shape index (κ2) is 9.15. The minimum absolute atomic E-state index is 0.0471. The molecule has 2 aromatic heterocycles. The van der Waals surface area contributed by atoms with Gasteiger partial charge in [-0.2, -0.15) is 5.10 Å². The number of fused-ring (bicyclic) bond motifs is 3. The van der Waals surface area contributed by atoms with E-state index in [0.717, 1.165) is 11.1 Å². The molecule has 12 heteroatoms. The van der Waals surface area contributed by atoms with Crippen molar-refractivity contribution >= 4 is 33.3 Å². The first-order chi connectivity index (χ1) is 17.7. The summed E-state index contributed by atoms with van der Waals surface area (Å²) in [5.41, 5.74) is 10.3. The molecule has 4 aromatic rings. The molecule has 0 spiro atoms. The van der Waals surface area contributed by atoms with Crippen molar-refractivity contribution in [3.05, 3.63) is 83.2 Å². The minimum atomic E-state index is -3.87. The molecule has 5 rings (SSSR count).